The van der Waals surface area contributed by atoms with Crippen LogP contribution in [0.5, 0.6) is 5.75 Å². The molecule has 5 nitrogen and oxygen atoms in total. The lowest BCUT2D eigenvalue weighted by Gasteiger charge is -2.20. The lowest BCUT2D eigenvalue weighted by Crippen LogP contribution is -2.35. The summed E-state index contributed by atoms with van der Waals surface area (Å²) < 4.78 is 31.7. The number of primary amides is 1. The van der Waals surface area contributed by atoms with E-state index in [-0.39, 0.29) is 6.61 Å². The van der Waals surface area contributed by atoms with Crippen LogP contribution in [0.25, 0.3) is 0 Å². The molecule has 2 aromatic rings. The van der Waals surface area contributed by atoms with Crippen molar-refractivity contribution in [1.82, 2.24) is 5.06 Å². The van der Waals surface area contributed by atoms with Crippen molar-refractivity contribution in [3.63, 3.8) is 0 Å². The van der Waals surface area contributed by atoms with Crippen molar-refractivity contribution in [2.75, 3.05) is 0 Å². The van der Waals surface area contributed by atoms with Crippen LogP contribution < -0.4 is 10.5 Å². The highest BCUT2D eigenvalue weighted by atomic mass is 19.2. The molecule has 126 valence electrons. The molecule has 1 unspecified atom stereocenters. The second kappa shape index (κ2) is 6.45. The normalized spacial score (nSPS) is 15.9. The van der Waals surface area contributed by atoms with Crippen molar-refractivity contribution in [2.45, 2.75) is 25.5 Å². The monoisotopic (exact) mass is 334 g/mol. The zero-order valence-corrected chi connectivity index (χ0v) is 12.7. The summed E-state index contributed by atoms with van der Waals surface area (Å²) in [7, 11) is 0. The Labute approximate surface area is 137 Å². The summed E-state index contributed by atoms with van der Waals surface area (Å²) in [6.45, 7) is 0.104. The molecule has 0 heterocycles. The van der Waals surface area contributed by atoms with Crippen LogP contribution in [0.1, 0.15) is 29.2 Å². The van der Waals surface area contributed by atoms with Crippen molar-refractivity contribution < 1.29 is 23.5 Å². The molecule has 2 amide bonds. The Morgan fingerprint density at radius 2 is 2.04 bits per heavy atom. The number of urea groups is 1. The number of amides is 2. The van der Waals surface area contributed by atoms with Gasteiger partial charge in [-0.2, -0.15) is 5.06 Å². The quantitative estimate of drug-likeness (QED) is 0.665. The predicted octanol–water partition coefficient (Wildman–Crippen LogP) is 3.30. The minimum Gasteiger partial charge on any atom is -0.489 e. The third-order valence-corrected chi connectivity index (χ3v) is 4.07. The Balaban J connectivity index is 1.71. The van der Waals surface area contributed by atoms with Crippen LogP contribution in [0.3, 0.4) is 0 Å². The molecule has 3 N–H and O–H groups in total. The first-order valence-corrected chi connectivity index (χ1v) is 7.43. The van der Waals surface area contributed by atoms with Gasteiger partial charge in [0, 0.05) is 0 Å². The summed E-state index contributed by atoms with van der Waals surface area (Å²) in [5, 5.41) is 10.2. The van der Waals surface area contributed by atoms with Gasteiger partial charge in [0.05, 0.1) is 6.04 Å². The largest absolute Gasteiger partial charge is 0.489 e. The number of hydrogen-bond donors (Lipinski definition) is 2. The Morgan fingerprint density at radius 3 is 2.75 bits per heavy atom. The smallest absolute Gasteiger partial charge is 0.339 e. The van der Waals surface area contributed by atoms with Gasteiger partial charge in [0.2, 0.25) is 0 Å². The van der Waals surface area contributed by atoms with Crippen molar-refractivity contribution >= 4 is 6.03 Å². The van der Waals surface area contributed by atoms with E-state index in [4.69, 9.17) is 10.5 Å². The number of aryl methyl sites for hydroxylation is 1. The van der Waals surface area contributed by atoms with Gasteiger partial charge in [-0.1, -0.05) is 12.1 Å². The van der Waals surface area contributed by atoms with Crippen molar-refractivity contribution in [2.24, 2.45) is 5.73 Å². The molecule has 7 heteroatoms. The van der Waals surface area contributed by atoms with E-state index in [9.17, 15) is 18.8 Å². The number of nitrogens with zero attached hydrogens (tertiary/aromatic N) is 1. The number of carbonyl (C=O) groups is 1. The molecule has 0 bridgehead atoms. The van der Waals surface area contributed by atoms with Gasteiger partial charge in [0.25, 0.3) is 0 Å². The maximum absolute atomic E-state index is 13.2. The van der Waals surface area contributed by atoms with E-state index in [0.29, 0.717) is 29.2 Å². The predicted molar refractivity (Wildman–Crippen MR) is 81.4 cm³/mol. The molecule has 0 radical (unpaired) electrons. The van der Waals surface area contributed by atoms with Crippen LogP contribution in [0.2, 0.25) is 0 Å². The van der Waals surface area contributed by atoms with Gasteiger partial charge < -0.3 is 10.5 Å². The summed E-state index contributed by atoms with van der Waals surface area (Å²) in [6.07, 6.45) is 1.24. The van der Waals surface area contributed by atoms with Crippen LogP contribution in [0.4, 0.5) is 13.6 Å². The Hall–Kier alpha value is -2.67. The van der Waals surface area contributed by atoms with Gasteiger partial charge >= 0.3 is 6.03 Å². The van der Waals surface area contributed by atoms with Crippen molar-refractivity contribution in [1.29, 1.82) is 0 Å². The van der Waals surface area contributed by atoms with E-state index in [0.717, 1.165) is 23.3 Å². The first-order chi connectivity index (χ1) is 11.5. The number of fused-ring (bicyclic) bond motifs is 1. The van der Waals surface area contributed by atoms with E-state index >= 15 is 0 Å². The molecular weight excluding hydrogens is 318 g/mol. The molecule has 1 aliphatic rings. The fourth-order valence-corrected chi connectivity index (χ4v) is 2.86. The van der Waals surface area contributed by atoms with E-state index in [1.165, 1.54) is 6.07 Å². The fraction of sp³-hybridized carbons (Fsp3) is 0.235. The molecule has 0 aliphatic heterocycles. The Morgan fingerprint density at radius 1 is 1.25 bits per heavy atom. The molecule has 1 aliphatic carbocycles. The molecule has 0 spiro atoms. The maximum Gasteiger partial charge on any atom is 0.339 e. The third kappa shape index (κ3) is 3.16. The number of rotatable bonds is 4. The molecule has 1 atom stereocenters. The SMILES string of the molecule is NC(=O)N(O)C1CCc2cc(OCc3ccc(F)c(F)c3)ccc21. The number of hydroxylamine groups is 2. The summed E-state index contributed by atoms with van der Waals surface area (Å²) in [4.78, 5) is 11.1. The topological polar surface area (TPSA) is 75.8 Å². The molecule has 0 aromatic heterocycles. The van der Waals surface area contributed by atoms with E-state index in [1.54, 1.807) is 12.1 Å². The van der Waals surface area contributed by atoms with Gasteiger partial charge in [-0.3, -0.25) is 5.21 Å². The average Bonchev–Trinajstić information content (AvgIpc) is 2.98. The van der Waals surface area contributed by atoms with Crippen LogP contribution >= 0.6 is 0 Å². The number of nitrogens with two attached hydrogens (primary N) is 1. The fourth-order valence-electron chi connectivity index (χ4n) is 2.86. The van der Waals surface area contributed by atoms with Crippen molar-refractivity contribution in [3.8, 4) is 5.75 Å². The van der Waals surface area contributed by atoms with Gasteiger partial charge in [-0.15, -0.1) is 0 Å². The number of halogens is 2. The number of hydrogen-bond acceptors (Lipinski definition) is 3. The minimum absolute atomic E-state index is 0.104. The second-order valence-electron chi connectivity index (χ2n) is 5.64. The van der Waals surface area contributed by atoms with E-state index in [1.807, 2.05) is 6.07 Å². The lowest BCUT2D eigenvalue weighted by atomic mass is 10.1. The van der Waals surface area contributed by atoms with Gasteiger partial charge in [-0.05, 0) is 53.8 Å². The maximum atomic E-state index is 13.2. The zero-order valence-electron chi connectivity index (χ0n) is 12.7. The number of carbonyl (C=O) groups excluding carboxylic acids is 1. The summed E-state index contributed by atoms with van der Waals surface area (Å²) in [5.41, 5.74) is 7.37. The van der Waals surface area contributed by atoms with Crippen molar-refractivity contribution in [3.05, 3.63) is 64.7 Å². The molecule has 0 saturated heterocycles. The summed E-state index contributed by atoms with van der Waals surface area (Å²) in [5.74, 6) is -1.24. The second-order valence-corrected chi connectivity index (χ2v) is 5.64. The molecule has 2 aromatic carbocycles. The van der Waals surface area contributed by atoms with Gasteiger partial charge in [0.15, 0.2) is 11.6 Å². The van der Waals surface area contributed by atoms with Crippen LogP contribution in [0.15, 0.2) is 36.4 Å². The zero-order chi connectivity index (χ0) is 17.3. The van der Waals surface area contributed by atoms with Crippen LogP contribution in [-0.2, 0) is 13.0 Å². The summed E-state index contributed by atoms with van der Waals surface area (Å²) >= 11 is 0. The molecule has 0 fully saturated rings. The van der Waals surface area contributed by atoms with Gasteiger partial charge in [0.1, 0.15) is 12.4 Å². The highest BCUT2D eigenvalue weighted by Crippen LogP contribution is 2.36. The minimum atomic E-state index is -0.914. The standard InChI is InChI=1S/C17H16F2N2O3/c18-14-5-1-10(7-15(14)19)9-24-12-3-4-13-11(8-12)2-6-16(13)21(23)17(20)22/h1,3-5,7-8,16,23H,2,6,9H2,(H2,20,22). The molecule has 3 rings (SSSR count). The first-order valence-electron chi connectivity index (χ1n) is 7.43. The van der Waals surface area contributed by atoms with Gasteiger partial charge in [-0.25, -0.2) is 13.6 Å². The first kappa shape index (κ1) is 16.2. The van der Waals surface area contributed by atoms with Crippen LogP contribution in [0, 0.1) is 11.6 Å². The highest BCUT2D eigenvalue weighted by molar-refractivity contribution is 5.71. The number of ether oxygens (including phenoxy) is 1. The Kier molecular flexibility index (Phi) is 4.35. The molecular formula is C17H16F2N2O3. The molecule has 24 heavy (non-hydrogen) atoms. The summed E-state index contributed by atoms with van der Waals surface area (Å²) in [6, 6.07) is 7.52. The molecule has 0 saturated carbocycles. The van der Waals surface area contributed by atoms with E-state index in [2.05, 4.69) is 0 Å². The lowest BCUT2D eigenvalue weighted by molar-refractivity contribution is -0.0757. The van der Waals surface area contributed by atoms with Crippen LogP contribution in [-0.4, -0.2) is 16.3 Å². The third-order valence-electron chi connectivity index (χ3n) is 4.07. The highest BCUT2D eigenvalue weighted by Gasteiger charge is 2.29. The average molecular weight is 334 g/mol. The Bertz CT molecular complexity index is 782. The number of benzene rings is 2. The van der Waals surface area contributed by atoms with E-state index < -0.39 is 23.7 Å².